The Morgan fingerprint density at radius 3 is 2.78 bits per heavy atom. The second kappa shape index (κ2) is 4.92. The van der Waals surface area contributed by atoms with Gasteiger partial charge in [0.15, 0.2) is 5.58 Å². The monoisotopic (exact) mass is 265 g/mol. The summed E-state index contributed by atoms with van der Waals surface area (Å²) in [5.74, 6) is 1.25. The number of nitrogens with two attached hydrogens (primary N) is 1. The Labute approximate surface area is 111 Å². The van der Waals surface area contributed by atoms with E-state index in [-0.39, 0.29) is 6.04 Å². The second-order valence-electron chi connectivity index (χ2n) is 4.78. The predicted molar refractivity (Wildman–Crippen MR) is 71.7 cm³/mol. The molecule has 1 saturated heterocycles. The van der Waals surface area contributed by atoms with Crippen molar-refractivity contribution in [3.63, 3.8) is 0 Å². The Balaban J connectivity index is 1.91. The smallest absolute Gasteiger partial charge is 0.152 e. The summed E-state index contributed by atoms with van der Waals surface area (Å²) in [6, 6.07) is 7.67. The molecule has 1 aromatic heterocycles. The molecule has 3 nitrogen and oxygen atoms in total. The van der Waals surface area contributed by atoms with Crippen LogP contribution in [-0.4, -0.2) is 13.2 Å². The summed E-state index contributed by atoms with van der Waals surface area (Å²) in [4.78, 5) is 0. The lowest BCUT2D eigenvalue weighted by Gasteiger charge is -2.26. The van der Waals surface area contributed by atoms with E-state index < -0.39 is 0 Å². The lowest BCUT2D eigenvalue weighted by Crippen LogP contribution is -2.27. The van der Waals surface area contributed by atoms with Gasteiger partial charge in [0.25, 0.3) is 0 Å². The Hall–Kier alpha value is -1.03. The average molecular weight is 266 g/mol. The van der Waals surface area contributed by atoms with Crippen molar-refractivity contribution in [2.24, 2.45) is 11.7 Å². The number of benzene rings is 1. The molecular formula is C14H16ClNO2. The molecule has 0 aliphatic carbocycles. The summed E-state index contributed by atoms with van der Waals surface area (Å²) in [6.45, 7) is 1.58. The first-order valence-electron chi connectivity index (χ1n) is 6.27. The molecule has 3 rings (SSSR count). The van der Waals surface area contributed by atoms with Gasteiger partial charge in [0.05, 0.1) is 11.1 Å². The van der Waals surface area contributed by atoms with Crippen LogP contribution in [0.2, 0.25) is 5.02 Å². The Morgan fingerprint density at radius 2 is 2.06 bits per heavy atom. The quantitative estimate of drug-likeness (QED) is 0.904. The molecule has 0 saturated carbocycles. The van der Waals surface area contributed by atoms with Gasteiger partial charge < -0.3 is 14.9 Å². The lowest BCUT2D eigenvalue weighted by molar-refractivity contribution is 0.0562. The third-order valence-electron chi connectivity index (χ3n) is 3.62. The Kier molecular flexibility index (Phi) is 3.29. The number of para-hydroxylation sites is 1. The molecule has 2 N–H and O–H groups in total. The van der Waals surface area contributed by atoms with Crippen LogP contribution < -0.4 is 5.73 Å². The molecule has 0 amide bonds. The van der Waals surface area contributed by atoms with E-state index in [1.54, 1.807) is 0 Å². The van der Waals surface area contributed by atoms with Crippen molar-refractivity contribution in [1.29, 1.82) is 0 Å². The zero-order chi connectivity index (χ0) is 12.5. The maximum Gasteiger partial charge on any atom is 0.152 e. The molecule has 1 aromatic carbocycles. The number of hydrogen-bond donors (Lipinski definition) is 1. The van der Waals surface area contributed by atoms with E-state index in [1.807, 2.05) is 24.3 Å². The fourth-order valence-electron chi connectivity index (χ4n) is 2.52. The Morgan fingerprint density at radius 1 is 1.28 bits per heavy atom. The van der Waals surface area contributed by atoms with Crippen LogP contribution in [0.1, 0.15) is 24.6 Å². The van der Waals surface area contributed by atoms with Crippen molar-refractivity contribution in [3.8, 4) is 0 Å². The van der Waals surface area contributed by atoms with Crippen molar-refractivity contribution in [2.45, 2.75) is 18.9 Å². The summed E-state index contributed by atoms with van der Waals surface area (Å²) in [6.07, 6.45) is 1.98. The molecule has 96 valence electrons. The molecule has 1 aliphatic heterocycles. The van der Waals surface area contributed by atoms with Crippen molar-refractivity contribution < 1.29 is 9.15 Å². The lowest BCUT2D eigenvalue weighted by atomic mass is 9.91. The first-order valence-corrected chi connectivity index (χ1v) is 6.65. The first kappa shape index (κ1) is 12.0. The van der Waals surface area contributed by atoms with E-state index in [2.05, 4.69) is 0 Å². The first-order chi connectivity index (χ1) is 8.75. The van der Waals surface area contributed by atoms with Gasteiger partial charge in [0.2, 0.25) is 0 Å². The van der Waals surface area contributed by atoms with E-state index in [4.69, 9.17) is 26.5 Å². The highest BCUT2D eigenvalue weighted by atomic mass is 35.5. The van der Waals surface area contributed by atoms with Gasteiger partial charge >= 0.3 is 0 Å². The van der Waals surface area contributed by atoms with Crippen LogP contribution in [-0.2, 0) is 4.74 Å². The maximum atomic E-state index is 6.29. The minimum atomic E-state index is -0.0719. The van der Waals surface area contributed by atoms with Crippen molar-refractivity contribution in [1.82, 2.24) is 0 Å². The maximum absolute atomic E-state index is 6.29. The molecule has 1 fully saturated rings. The molecule has 2 aromatic rings. The van der Waals surface area contributed by atoms with Crippen LogP contribution >= 0.6 is 11.6 Å². The fourth-order valence-corrected chi connectivity index (χ4v) is 2.74. The molecule has 0 spiro atoms. The summed E-state index contributed by atoms with van der Waals surface area (Å²) in [7, 11) is 0. The van der Waals surface area contributed by atoms with Gasteiger partial charge in [-0.15, -0.1) is 0 Å². The molecule has 2 heterocycles. The highest BCUT2D eigenvalue weighted by molar-refractivity contribution is 6.34. The number of rotatable bonds is 2. The van der Waals surface area contributed by atoms with E-state index in [0.29, 0.717) is 10.9 Å². The van der Waals surface area contributed by atoms with Crippen LogP contribution in [0.25, 0.3) is 11.0 Å². The zero-order valence-corrected chi connectivity index (χ0v) is 10.8. The Bertz CT molecular complexity index is 546. The summed E-state index contributed by atoms with van der Waals surface area (Å²) < 4.78 is 11.2. The summed E-state index contributed by atoms with van der Waals surface area (Å²) >= 11 is 6.11. The van der Waals surface area contributed by atoms with Gasteiger partial charge in [0.1, 0.15) is 5.76 Å². The molecule has 1 aliphatic rings. The number of halogens is 1. The zero-order valence-electron chi connectivity index (χ0n) is 10.1. The van der Waals surface area contributed by atoms with Crippen LogP contribution in [0.3, 0.4) is 0 Å². The number of hydrogen-bond acceptors (Lipinski definition) is 3. The number of ether oxygens (including phenoxy) is 1. The predicted octanol–water partition coefficient (Wildman–Crippen LogP) is 3.51. The van der Waals surface area contributed by atoms with E-state index in [1.165, 1.54) is 0 Å². The van der Waals surface area contributed by atoms with E-state index >= 15 is 0 Å². The van der Waals surface area contributed by atoms with Gasteiger partial charge in [-0.1, -0.05) is 23.7 Å². The molecule has 1 atom stereocenters. The van der Waals surface area contributed by atoms with Crippen LogP contribution in [0.15, 0.2) is 28.7 Å². The molecule has 1 unspecified atom stereocenters. The molecular weight excluding hydrogens is 250 g/mol. The standard InChI is InChI=1S/C14H16ClNO2/c15-11-3-1-2-10-8-12(18-14(10)11)13(16)9-4-6-17-7-5-9/h1-3,8-9,13H,4-7,16H2. The highest BCUT2D eigenvalue weighted by Crippen LogP contribution is 2.33. The van der Waals surface area contributed by atoms with Crippen LogP contribution in [0.4, 0.5) is 0 Å². The topological polar surface area (TPSA) is 48.4 Å². The summed E-state index contributed by atoms with van der Waals surface area (Å²) in [5.41, 5.74) is 7.02. The van der Waals surface area contributed by atoms with Gasteiger partial charge in [-0.2, -0.15) is 0 Å². The molecule has 0 bridgehead atoms. The third kappa shape index (κ3) is 2.14. The minimum Gasteiger partial charge on any atom is -0.458 e. The highest BCUT2D eigenvalue weighted by Gasteiger charge is 2.25. The fraction of sp³-hybridized carbons (Fsp3) is 0.429. The number of furan rings is 1. The third-order valence-corrected chi connectivity index (χ3v) is 3.92. The van der Waals surface area contributed by atoms with E-state index in [0.717, 1.165) is 42.8 Å². The molecule has 4 heteroatoms. The SMILES string of the molecule is NC(c1cc2cccc(Cl)c2o1)C1CCOCC1. The van der Waals surface area contributed by atoms with Crippen molar-refractivity contribution in [2.75, 3.05) is 13.2 Å². The largest absolute Gasteiger partial charge is 0.458 e. The molecule has 0 radical (unpaired) electrons. The van der Waals surface area contributed by atoms with Crippen molar-refractivity contribution >= 4 is 22.6 Å². The van der Waals surface area contributed by atoms with Crippen molar-refractivity contribution in [3.05, 3.63) is 35.0 Å². The normalized spacial score (nSPS) is 19.2. The van der Waals surface area contributed by atoms with Gasteiger partial charge in [-0.25, -0.2) is 0 Å². The van der Waals surface area contributed by atoms with Gasteiger partial charge in [-0.05, 0) is 30.9 Å². The van der Waals surface area contributed by atoms with Gasteiger partial charge in [-0.3, -0.25) is 0 Å². The second-order valence-corrected chi connectivity index (χ2v) is 5.19. The summed E-state index contributed by atoms with van der Waals surface area (Å²) in [5, 5.41) is 1.65. The number of fused-ring (bicyclic) bond motifs is 1. The van der Waals surface area contributed by atoms with Gasteiger partial charge in [0, 0.05) is 18.6 Å². The van der Waals surface area contributed by atoms with Crippen LogP contribution in [0.5, 0.6) is 0 Å². The minimum absolute atomic E-state index is 0.0719. The average Bonchev–Trinajstić information content (AvgIpc) is 2.84. The molecule has 18 heavy (non-hydrogen) atoms. The van der Waals surface area contributed by atoms with Crippen LogP contribution in [0, 0.1) is 5.92 Å². The van der Waals surface area contributed by atoms with E-state index in [9.17, 15) is 0 Å².